The molecule has 0 atom stereocenters. The molecule has 4 heteroatoms. The molecule has 2 aromatic rings. The van der Waals surface area contributed by atoms with Gasteiger partial charge in [0, 0.05) is 22.1 Å². The van der Waals surface area contributed by atoms with Gasteiger partial charge in [0.2, 0.25) is 0 Å². The van der Waals surface area contributed by atoms with Gasteiger partial charge in [-0.2, -0.15) is 0 Å². The van der Waals surface area contributed by atoms with Crippen molar-refractivity contribution in [3.05, 3.63) is 52.3 Å². The van der Waals surface area contributed by atoms with Crippen LogP contribution in [0.4, 0.5) is 0 Å². The zero-order chi connectivity index (χ0) is 12.6. The molecule has 3 nitrogen and oxygen atoms in total. The van der Waals surface area contributed by atoms with Gasteiger partial charge in [-0.3, -0.25) is 0 Å². The molecule has 88 valence electrons. The Bertz CT molecular complexity index is 570. The monoisotopic (exact) mass is 249 g/mol. The molecule has 0 aliphatic heterocycles. The van der Waals surface area contributed by atoms with E-state index in [1.54, 1.807) is 25.1 Å². The second kappa shape index (κ2) is 4.26. The second-order valence-corrected chi connectivity index (χ2v) is 4.34. The number of aromatic nitrogens is 1. The van der Waals surface area contributed by atoms with E-state index in [-0.39, 0.29) is 0 Å². The van der Waals surface area contributed by atoms with Gasteiger partial charge in [0.25, 0.3) is 0 Å². The van der Waals surface area contributed by atoms with Crippen LogP contribution in [-0.2, 0) is 0 Å². The first-order chi connectivity index (χ1) is 8.00. The average Bonchev–Trinajstić information content (AvgIpc) is 2.56. The van der Waals surface area contributed by atoms with Crippen molar-refractivity contribution >= 4 is 17.6 Å². The Labute approximate surface area is 104 Å². The van der Waals surface area contributed by atoms with E-state index in [1.807, 2.05) is 23.6 Å². The number of nitrogens with zero attached hydrogens (tertiary/aromatic N) is 1. The van der Waals surface area contributed by atoms with E-state index in [1.165, 1.54) is 0 Å². The van der Waals surface area contributed by atoms with Gasteiger partial charge in [-0.25, -0.2) is 4.79 Å². The second-order valence-electron chi connectivity index (χ2n) is 3.90. The number of hydrogen-bond donors (Lipinski definition) is 1. The summed E-state index contributed by atoms with van der Waals surface area (Å²) in [4.78, 5) is 11.0. The predicted octanol–water partition coefficient (Wildman–Crippen LogP) is 3.45. The number of carbonyl (C=O) groups is 1. The largest absolute Gasteiger partial charge is 0.478 e. The van der Waals surface area contributed by atoms with Crippen molar-refractivity contribution in [2.24, 2.45) is 0 Å². The van der Waals surface area contributed by atoms with Crippen LogP contribution in [0.15, 0.2) is 30.3 Å². The quantitative estimate of drug-likeness (QED) is 0.886. The topological polar surface area (TPSA) is 42.2 Å². The Morgan fingerprint density at radius 2 is 1.82 bits per heavy atom. The lowest BCUT2D eigenvalue weighted by Crippen LogP contribution is -2.02. The third-order valence-electron chi connectivity index (χ3n) is 2.75. The van der Waals surface area contributed by atoms with Crippen LogP contribution in [0, 0.1) is 13.8 Å². The molecular formula is C13H12ClNO2. The van der Waals surface area contributed by atoms with Crippen LogP contribution in [0.25, 0.3) is 5.69 Å². The van der Waals surface area contributed by atoms with Crippen LogP contribution in [0.5, 0.6) is 0 Å². The lowest BCUT2D eigenvalue weighted by Gasteiger charge is -2.09. The molecule has 17 heavy (non-hydrogen) atoms. The van der Waals surface area contributed by atoms with Gasteiger partial charge in [0.05, 0.1) is 5.56 Å². The average molecular weight is 250 g/mol. The van der Waals surface area contributed by atoms with E-state index in [9.17, 15) is 4.79 Å². The van der Waals surface area contributed by atoms with Crippen LogP contribution in [-0.4, -0.2) is 15.6 Å². The number of aryl methyl sites for hydroxylation is 1. The van der Waals surface area contributed by atoms with Crippen LogP contribution >= 0.6 is 11.6 Å². The van der Waals surface area contributed by atoms with E-state index in [0.29, 0.717) is 10.6 Å². The molecule has 1 aromatic heterocycles. The van der Waals surface area contributed by atoms with Crippen LogP contribution in [0.3, 0.4) is 0 Å². The molecule has 0 fully saturated rings. The van der Waals surface area contributed by atoms with Crippen molar-refractivity contribution in [2.75, 3.05) is 0 Å². The Morgan fingerprint density at radius 1 is 1.24 bits per heavy atom. The van der Waals surface area contributed by atoms with Crippen molar-refractivity contribution in [3.63, 3.8) is 0 Å². The lowest BCUT2D eigenvalue weighted by molar-refractivity contribution is 0.0696. The number of benzene rings is 1. The van der Waals surface area contributed by atoms with Gasteiger partial charge in [0.1, 0.15) is 0 Å². The van der Waals surface area contributed by atoms with Crippen LogP contribution in [0.1, 0.15) is 21.7 Å². The fraction of sp³-hybridized carbons (Fsp3) is 0.154. The first kappa shape index (κ1) is 11.7. The number of hydrogen-bond acceptors (Lipinski definition) is 1. The third kappa shape index (κ3) is 2.06. The maximum Gasteiger partial charge on any atom is 0.337 e. The van der Waals surface area contributed by atoms with Crippen molar-refractivity contribution < 1.29 is 9.90 Å². The van der Waals surface area contributed by atoms with Gasteiger partial charge < -0.3 is 9.67 Å². The molecule has 0 aliphatic carbocycles. The van der Waals surface area contributed by atoms with E-state index in [4.69, 9.17) is 16.7 Å². The highest BCUT2D eigenvalue weighted by Crippen LogP contribution is 2.22. The highest BCUT2D eigenvalue weighted by Gasteiger charge is 2.15. The van der Waals surface area contributed by atoms with Crippen LogP contribution in [0.2, 0.25) is 5.02 Å². The Hall–Kier alpha value is -1.74. The molecule has 0 aliphatic rings. The summed E-state index contributed by atoms with van der Waals surface area (Å²) < 4.78 is 1.90. The minimum Gasteiger partial charge on any atom is -0.478 e. The molecule has 1 heterocycles. The predicted molar refractivity (Wildman–Crippen MR) is 67.2 cm³/mol. The SMILES string of the molecule is Cc1cc(C(=O)O)c(C)n1-c1ccc(Cl)cc1. The van der Waals surface area contributed by atoms with E-state index in [2.05, 4.69) is 0 Å². The highest BCUT2D eigenvalue weighted by atomic mass is 35.5. The number of carboxylic acid groups (broad SMARTS) is 1. The van der Waals surface area contributed by atoms with Crippen molar-refractivity contribution in [1.29, 1.82) is 0 Å². The maximum atomic E-state index is 11.0. The first-order valence-electron chi connectivity index (χ1n) is 5.19. The highest BCUT2D eigenvalue weighted by molar-refractivity contribution is 6.30. The van der Waals surface area contributed by atoms with Crippen molar-refractivity contribution in [2.45, 2.75) is 13.8 Å². The minimum atomic E-state index is -0.904. The maximum absolute atomic E-state index is 11.0. The Balaban J connectivity index is 2.59. The summed E-state index contributed by atoms with van der Waals surface area (Å²) in [5.74, 6) is -0.904. The summed E-state index contributed by atoms with van der Waals surface area (Å²) >= 11 is 5.83. The van der Waals surface area contributed by atoms with Crippen molar-refractivity contribution in [1.82, 2.24) is 4.57 Å². The molecular weight excluding hydrogens is 238 g/mol. The van der Waals surface area contributed by atoms with Gasteiger partial charge >= 0.3 is 5.97 Å². The molecule has 0 radical (unpaired) electrons. The number of rotatable bonds is 2. The molecule has 0 saturated carbocycles. The van der Waals surface area contributed by atoms with Crippen LogP contribution < -0.4 is 0 Å². The number of aromatic carboxylic acids is 1. The van der Waals surface area contributed by atoms with Gasteiger partial charge in [-0.05, 0) is 44.2 Å². The lowest BCUT2D eigenvalue weighted by atomic mass is 10.2. The molecule has 0 amide bonds. The number of carboxylic acids is 1. The molecule has 0 saturated heterocycles. The van der Waals surface area contributed by atoms with Gasteiger partial charge in [0.15, 0.2) is 0 Å². The summed E-state index contributed by atoms with van der Waals surface area (Å²) in [6.45, 7) is 3.68. The third-order valence-corrected chi connectivity index (χ3v) is 3.00. The fourth-order valence-electron chi connectivity index (χ4n) is 1.97. The standard InChI is InChI=1S/C13H12ClNO2/c1-8-7-12(13(16)17)9(2)15(8)11-5-3-10(14)4-6-11/h3-7H,1-2H3,(H,16,17). The van der Waals surface area contributed by atoms with E-state index >= 15 is 0 Å². The van der Waals surface area contributed by atoms with Gasteiger partial charge in [-0.15, -0.1) is 0 Å². The molecule has 0 unspecified atom stereocenters. The first-order valence-corrected chi connectivity index (χ1v) is 5.56. The molecule has 0 bridgehead atoms. The molecule has 1 N–H and O–H groups in total. The zero-order valence-electron chi connectivity index (χ0n) is 9.57. The minimum absolute atomic E-state index is 0.331. The Morgan fingerprint density at radius 3 is 2.29 bits per heavy atom. The summed E-state index contributed by atoms with van der Waals surface area (Å²) in [5.41, 5.74) is 2.86. The normalized spacial score (nSPS) is 10.5. The van der Waals surface area contributed by atoms with Crippen molar-refractivity contribution in [3.8, 4) is 5.69 Å². The molecule has 0 spiro atoms. The fourth-order valence-corrected chi connectivity index (χ4v) is 2.09. The zero-order valence-corrected chi connectivity index (χ0v) is 10.3. The summed E-state index contributed by atoms with van der Waals surface area (Å²) in [6.07, 6.45) is 0. The summed E-state index contributed by atoms with van der Waals surface area (Å²) in [5, 5.41) is 9.72. The summed E-state index contributed by atoms with van der Waals surface area (Å²) in [7, 11) is 0. The molecule has 2 rings (SSSR count). The summed E-state index contributed by atoms with van der Waals surface area (Å²) in [6, 6.07) is 8.99. The van der Waals surface area contributed by atoms with E-state index in [0.717, 1.165) is 17.1 Å². The van der Waals surface area contributed by atoms with E-state index < -0.39 is 5.97 Å². The van der Waals surface area contributed by atoms with Gasteiger partial charge in [-0.1, -0.05) is 11.6 Å². The smallest absolute Gasteiger partial charge is 0.337 e. The number of halogens is 1. The Kier molecular flexibility index (Phi) is 2.94. The molecule has 1 aromatic carbocycles.